The first-order valence-corrected chi connectivity index (χ1v) is 4.84. The maximum absolute atomic E-state index is 10.8. The number of imidazole rings is 1. The van der Waals surface area contributed by atoms with Gasteiger partial charge in [-0.3, -0.25) is 0 Å². The van der Waals surface area contributed by atoms with Gasteiger partial charge in [0.2, 0.25) is 0 Å². The Labute approximate surface area is 87.2 Å². The fraction of sp³-hybridized carbons (Fsp3) is 0.273. The topological polar surface area (TPSA) is 54.6 Å². The summed E-state index contributed by atoms with van der Waals surface area (Å²) >= 11 is 0. The van der Waals surface area contributed by atoms with Crippen LogP contribution in [0, 0.1) is 6.92 Å². The zero-order chi connectivity index (χ0) is 11.0. The number of fused-ring (bicyclic) bond motifs is 1. The number of aryl methyl sites for hydroxylation is 2. The Hall–Kier alpha value is -1.84. The lowest BCUT2D eigenvalue weighted by Gasteiger charge is -1.98. The van der Waals surface area contributed by atoms with Crippen LogP contribution in [0.5, 0.6) is 0 Å². The van der Waals surface area contributed by atoms with Crippen molar-refractivity contribution in [3.05, 3.63) is 35.3 Å². The number of carbonyl (C=O) groups is 1. The second-order valence-electron chi connectivity index (χ2n) is 3.45. The molecule has 78 valence electrons. The van der Waals surface area contributed by atoms with E-state index in [2.05, 4.69) is 4.98 Å². The first-order valence-electron chi connectivity index (χ1n) is 4.84. The van der Waals surface area contributed by atoms with E-state index in [0.717, 1.165) is 23.5 Å². The van der Waals surface area contributed by atoms with Crippen molar-refractivity contribution in [3.63, 3.8) is 0 Å². The number of carboxylic acids is 1. The Bertz CT molecular complexity index is 529. The van der Waals surface area contributed by atoms with Gasteiger partial charge in [0, 0.05) is 11.9 Å². The molecule has 2 aromatic heterocycles. The predicted octanol–water partition coefficient (Wildman–Crippen LogP) is 1.90. The predicted molar refractivity (Wildman–Crippen MR) is 56.3 cm³/mol. The molecule has 0 radical (unpaired) electrons. The summed E-state index contributed by atoms with van der Waals surface area (Å²) < 4.78 is 1.82. The summed E-state index contributed by atoms with van der Waals surface area (Å²) in [6, 6.07) is 3.30. The van der Waals surface area contributed by atoms with E-state index in [-0.39, 0.29) is 5.56 Å². The Balaban J connectivity index is 2.70. The zero-order valence-corrected chi connectivity index (χ0v) is 8.69. The average Bonchev–Trinajstić information content (AvgIpc) is 2.55. The molecule has 15 heavy (non-hydrogen) atoms. The van der Waals surface area contributed by atoms with Crippen LogP contribution in [0.2, 0.25) is 0 Å². The highest BCUT2D eigenvalue weighted by atomic mass is 16.4. The zero-order valence-electron chi connectivity index (χ0n) is 8.69. The van der Waals surface area contributed by atoms with Crippen molar-refractivity contribution < 1.29 is 9.90 Å². The van der Waals surface area contributed by atoms with Gasteiger partial charge in [-0.25, -0.2) is 9.78 Å². The molecule has 0 saturated heterocycles. The van der Waals surface area contributed by atoms with Gasteiger partial charge in [0.1, 0.15) is 5.65 Å². The smallest absolute Gasteiger partial charge is 0.337 e. The Morgan fingerprint density at radius 3 is 2.87 bits per heavy atom. The van der Waals surface area contributed by atoms with Gasteiger partial charge in [-0.1, -0.05) is 6.92 Å². The number of aromatic carboxylic acids is 1. The van der Waals surface area contributed by atoms with E-state index in [4.69, 9.17) is 5.11 Å². The molecule has 4 heteroatoms. The van der Waals surface area contributed by atoms with Crippen molar-refractivity contribution in [2.45, 2.75) is 20.3 Å². The highest BCUT2D eigenvalue weighted by Gasteiger charge is 2.09. The summed E-state index contributed by atoms with van der Waals surface area (Å²) in [5, 5.41) is 8.87. The normalized spacial score (nSPS) is 10.8. The van der Waals surface area contributed by atoms with Crippen molar-refractivity contribution >= 4 is 11.6 Å². The van der Waals surface area contributed by atoms with Gasteiger partial charge in [-0.15, -0.1) is 0 Å². The summed E-state index contributed by atoms with van der Waals surface area (Å²) in [5.74, 6) is -0.914. The number of pyridine rings is 1. The first-order chi connectivity index (χ1) is 7.13. The second-order valence-corrected chi connectivity index (χ2v) is 3.45. The Morgan fingerprint density at radius 1 is 1.53 bits per heavy atom. The van der Waals surface area contributed by atoms with Crippen LogP contribution in [0.1, 0.15) is 28.7 Å². The molecule has 2 rings (SSSR count). The standard InChI is InChI=1S/C11H12N2O2/c1-3-9-7(2)13-6-8(11(14)15)4-5-10(13)12-9/h4-6H,3H2,1-2H3,(H,14,15). The van der Waals surface area contributed by atoms with E-state index in [1.807, 2.05) is 18.2 Å². The molecule has 0 saturated carbocycles. The highest BCUT2D eigenvalue weighted by Crippen LogP contribution is 2.13. The van der Waals surface area contributed by atoms with Crippen LogP contribution in [-0.2, 0) is 6.42 Å². The molecule has 2 aromatic rings. The minimum absolute atomic E-state index is 0.283. The number of hydrogen-bond acceptors (Lipinski definition) is 2. The van der Waals surface area contributed by atoms with Crippen LogP contribution >= 0.6 is 0 Å². The third-order valence-corrected chi connectivity index (χ3v) is 2.54. The van der Waals surface area contributed by atoms with Crippen LogP contribution in [0.25, 0.3) is 5.65 Å². The van der Waals surface area contributed by atoms with E-state index in [1.54, 1.807) is 18.3 Å². The summed E-state index contributed by atoms with van der Waals surface area (Å²) in [6.45, 7) is 3.98. The van der Waals surface area contributed by atoms with Crippen LogP contribution in [-0.4, -0.2) is 20.5 Å². The molecule has 0 unspecified atom stereocenters. The largest absolute Gasteiger partial charge is 0.478 e. The maximum Gasteiger partial charge on any atom is 0.337 e. The lowest BCUT2D eigenvalue weighted by atomic mass is 10.2. The molecular weight excluding hydrogens is 192 g/mol. The molecule has 0 atom stereocenters. The summed E-state index contributed by atoms with van der Waals surface area (Å²) in [6.07, 6.45) is 2.47. The SMILES string of the molecule is CCc1nc2ccc(C(=O)O)cn2c1C. The number of rotatable bonds is 2. The van der Waals surface area contributed by atoms with Crippen molar-refractivity contribution in [1.82, 2.24) is 9.38 Å². The van der Waals surface area contributed by atoms with Crippen molar-refractivity contribution in [2.75, 3.05) is 0 Å². The fourth-order valence-corrected chi connectivity index (χ4v) is 1.67. The Kier molecular flexibility index (Phi) is 2.19. The maximum atomic E-state index is 10.8. The molecule has 0 bridgehead atoms. The lowest BCUT2D eigenvalue weighted by molar-refractivity contribution is 0.0696. The van der Waals surface area contributed by atoms with Gasteiger partial charge in [0.05, 0.1) is 11.3 Å². The molecule has 4 nitrogen and oxygen atoms in total. The fourth-order valence-electron chi connectivity index (χ4n) is 1.67. The quantitative estimate of drug-likeness (QED) is 0.812. The lowest BCUT2D eigenvalue weighted by Crippen LogP contribution is -1.99. The Morgan fingerprint density at radius 2 is 2.27 bits per heavy atom. The summed E-state index contributed by atoms with van der Waals surface area (Å²) in [4.78, 5) is 15.2. The minimum Gasteiger partial charge on any atom is -0.478 e. The molecular formula is C11H12N2O2. The van der Waals surface area contributed by atoms with Gasteiger partial charge in [0.15, 0.2) is 0 Å². The highest BCUT2D eigenvalue weighted by molar-refractivity contribution is 5.87. The number of nitrogens with zero attached hydrogens (tertiary/aromatic N) is 2. The van der Waals surface area contributed by atoms with Gasteiger partial charge in [-0.05, 0) is 25.5 Å². The van der Waals surface area contributed by atoms with E-state index < -0.39 is 5.97 Å². The van der Waals surface area contributed by atoms with E-state index in [9.17, 15) is 4.79 Å². The molecule has 0 aliphatic carbocycles. The molecule has 1 N–H and O–H groups in total. The van der Waals surface area contributed by atoms with Crippen LogP contribution < -0.4 is 0 Å². The van der Waals surface area contributed by atoms with E-state index in [0.29, 0.717) is 0 Å². The van der Waals surface area contributed by atoms with Crippen LogP contribution in [0.15, 0.2) is 18.3 Å². The number of hydrogen-bond donors (Lipinski definition) is 1. The summed E-state index contributed by atoms with van der Waals surface area (Å²) in [5.41, 5.74) is 3.10. The summed E-state index contributed by atoms with van der Waals surface area (Å²) in [7, 11) is 0. The van der Waals surface area contributed by atoms with E-state index in [1.165, 1.54) is 0 Å². The third kappa shape index (κ3) is 1.48. The van der Waals surface area contributed by atoms with Crippen LogP contribution in [0.4, 0.5) is 0 Å². The molecule has 0 aromatic carbocycles. The van der Waals surface area contributed by atoms with Crippen molar-refractivity contribution in [2.24, 2.45) is 0 Å². The molecule has 0 aliphatic heterocycles. The van der Waals surface area contributed by atoms with Gasteiger partial charge < -0.3 is 9.51 Å². The molecule has 0 fully saturated rings. The molecule has 2 heterocycles. The first kappa shape index (κ1) is 9.71. The monoisotopic (exact) mass is 204 g/mol. The second kappa shape index (κ2) is 3.38. The van der Waals surface area contributed by atoms with Gasteiger partial charge >= 0.3 is 5.97 Å². The minimum atomic E-state index is -0.914. The third-order valence-electron chi connectivity index (χ3n) is 2.54. The molecule has 0 spiro atoms. The number of carboxylic acid groups (broad SMARTS) is 1. The van der Waals surface area contributed by atoms with Crippen molar-refractivity contribution in [1.29, 1.82) is 0 Å². The number of aromatic nitrogens is 2. The van der Waals surface area contributed by atoms with Gasteiger partial charge in [-0.2, -0.15) is 0 Å². The van der Waals surface area contributed by atoms with Crippen LogP contribution in [0.3, 0.4) is 0 Å². The molecule has 0 aliphatic rings. The molecule has 0 amide bonds. The average molecular weight is 204 g/mol. The van der Waals surface area contributed by atoms with Crippen molar-refractivity contribution in [3.8, 4) is 0 Å². The van der Waals surface area contributed by atoms with E-state index >= 15 is 0 Å². The van der Waals surface area contributed by atoms with Gasteiger partial charge in [0.25, 0.3) is 0 Å².